The van der Waals surface area contributed by atoms with Crippen LogP contribution < -0.4 is 5.32 Å². The monoisotopic (exact) mass is 410 g/mol. The minimum atomic E-state index is -0.0103. The van der Waals surface area contributed by atoms with Gasteiger partial charge in [0.1, 0.15) is 5.69 Å². The second kappa shape index (κ2) is 8.55. The summed E-state index contributed by atoms with van der Waals surface area (Å²) in [7, 11) is 3.86. The first-order chi connectivity index (χ1) is 14.4. The number of hydrogen-bond acceptors (Lipinski definition) is 5. The van der Waals surface area contributed by atoms with E-state index in [2.05, 4.69) is 33.4 Å². The molecule has 0 aromatic carbocycles. The molecule has 0 radical (unpaired) electrons. The molecule has 1 saturated heterocycles. The smallest absolute Gasteiger partial charge is 0.272 e. The van der Waals surface area contributed by atoms with Gasteiger partial charge in [0.2, 0.25) is 5.91 Å². The second-order valence-electron chi connectivity index (χ2n) is 8.54. The molecule has 30 heavy (non-hydrogen) atoms. The molecule has 2 amide bonds. The lowest BCUT2D eigenvalue weighted by atomic mass is 9.97. The molecule has 0 spiro atoms. The summed E-state index contributed by atoms with van der Waals surface area (Å²) in [5, 5.41) is 7.35. The fourth-order valence-electron chi connectivity index (χ4n) is 4.43. The maximum Gasteiger partial charge on any atom is 0.272 e. The lowest BCUT2D eigenvalue weighted by molar-refractivity contribution is -0.126. The van der Waals surface area contributed by atoms with Gasteiger partial charge in [0.25, 0.3) is 5.91 Å². The van der Waals surface area contributed by atoms with Crippen LogP contribution in [0.2, 0.25) is 0 Å². The van der Waals surface area contributed by atoms with Crippen molar-refractivity contribution in [2.75, 3.05) is 26.7 Å². The Morgan fingerprint density at radius 1 is 1.23 bits per heavy atom. The Balaban J connectivity index is 1.40. The average molecular weight is 411 g/mol. The van der Waals surface area contributed by atoms with Crippen LogP contribution in [0.4, 0.5) is 0 Å². The molecular weight excluding hydrogens is 380 g/mol. The van der Waals surface area contributed by atoms with E-state index in [0.717, 1.165) is 54.9 Å². The Hall–Kier alpha value is -2.74. The van der Waals surface area contributed by atoms with Gasteiger partial charge in [-0.05, 0) is 56.6 Å². The standard InChI is InChI=1S/C22H30N6O2/c1-15-9-20(27(3)25-15)22(30)28-8-6-19-18(14-28)10-16(11-23-19)12-24-21(29)17-5-4-7-26(2)13-17/h9-11,17H,4-8,12-14H2,1-3H3,(H,24,29). The molecule has 8 nitrogen and oxygen atoms in total. The van der Waals surface area contributed by atoms with Gasteiger partial charge >= 0.3 is 0 Å². The lowest BCUT2D eigenvalue weighted by Crippen LogP contribution is -2.41. The van der Waals surface area contributed by atoms with Crippen LogP contribution in [0.15, 0.2) is 18.3 Å². The van der Waals surface area contributed by atoms with Crippen molar-refractivity contribution in [1.29, 1.82) is 0 Å². The van der Waals surface area contributed by atoms with Gasteiger partial charge in [-0.25, -0.2) is 0 Å². The molecule has 0 aliphatic carbocycles. The van der Waals surface area contributed by atoms with Crippen LogP contribution in [-0.2, 0) is 31.4 Å². The van der Waals surface area contributed by atoms with Crippen molar-refractivity contribution in [3.63, 3.8) is 0 Å². The SMILES string of the molecule is Cc1cc(C(=O)N2CCc3ncc(CNC(=O)C4CCCN(C)C4)cc3C2)n(C)n1. The van der Waals surface area contributed by atoms with Crippen LogP contribution in [0.25, 0.3) is 0 Å². The van der Waals surface area contributed by atoms with Crippen molar-refractivity contribution < 1.29 is 9.59 Å². The first kappa shape index (κ1) is 20.5. The summed E-state index contributed by atoms with van der Waals surface area (Å²) in [6, 6.07) is 3.90. The van der Waals surface area contributed by atoms with Crippen molar-refractivity contribution >= 4 is 11.8 Å². The zero-order valence-electron chi connectivity index (χ0n) is 18.0. The van der Waals surface area contributed by atoms with E-state index in [0.29, 0.717) is 25.3 Å². The molecular formula is C22H30N6O2. The molecule has 160 valence electrons. The summed E-state index contributed by atoms with van der Waals surface area (Å²) in [6.45, 7) is 5.41. The molecule has 0 bridgehead atoms. The van der Waals surface area contributed by atoms with Crippen LogP contribution in [0, 0.1) is 12.8 Å². The van der Waals surface area contributed by atoms with Gasteiger partial charge in [0, 0.05) is 51.5 Å². The molecule has 4 heterocycles. The molecule has 1 N–H and O–H groups in total. The van der Waals surface area contributed by atoms with Gasteiger partial charge in [-0.2, -0.15) is 5.10 Å². The number of amides is 2. The number of piperidine rings is 1. The van der Waals surface area contributed by atoms with Crippen molar-refractivity contribution in [2.24, 2.45) is 13.0 Å². The molecule has 0 saturated carbocycles. The van der Waals surface area contributed by atoms with Gasteiger partial charge in [-0.3, -0.25) is 19.3 Å². The van der Waals surface area contributed by atoms with Gasteiger partial charge in [0.15, 0.2) is 0 Å². The Morgan fingerprint density at radius 3 is 2.80 bits per heavy atom. The second-order valence-corrected chi connectivity index (χ2v) is 8.54. The van der Waals surface area contributed by atoms with E-state index in [9.17, 15) is 9.59 Å². The summed E-state index contributed by atoms with van der Waals surface area (Å²) in [5.74, 6) is 0.163. The number of carbonyl (C=O) groups excluding carboxylic acids is 2. The number of aryl methyl sites for hydroxylation is 2. The van der Waals surface area contributed by atoms with Crippen LogP contribution in [0.3, 0.4) is 0 Å². The highest BCUT2D eigenvalue weighted by atomic mass is 16.2. The maximum absolute atomic E-state index is 12.9. The summed E-state index contributed by atoms with van der Waals surface area (Å²) >= 11 is 0. The van der Waals surface area contributed by atoms with Gasteiger partial charge in [0.05, 0.1) is 11.6 Å². The quantitative estimate of drug-likeness (QED) is 0.821. The fraction of sp³-hybridized carbons (Fsp3) is 0.545. The molecule has 2 aliphatic rings. The van der Waals surface area contributed by atoms with Crippen molar-refractivity contribution in [3.05, 3.63) is 46.5 Å². The number of hydrogen-bond donors (Lipinski definition) is 1. The van der Waals surface area contributed by atoms with E-state index in [1.165, 1.54) is 0 Å². The van der Waals surface area contributed by atoms with Crippen molar-refractivity contribution in [2.45, 2.75) is 39.3 Å². The average Bonchev–Trinajstić information content (AvgIpc) is 3.08. The van der Waals surface area contributed by atoms with Crippen LogP contribution in [-0.4, -0.2) is 63.1 Å². The van der Waals surface area contributed by atoms with E-state index in [1.54, 1.807) is 11.7 Å². The van der Waals surface area contributed by atoms with Gasteiger partial charge in [-0.15, -0.1) is 0 Å². The maximum atomic E-state index is 12.9. The fourth-order valence-corrected chi connectivity index (χ4v) is 4.43. The van der Waals surface area contributed by atoms with Gasteiger partial charge < -0.3 is 15.1 Å². The van der Waals surface area contributed by atoms with Crippen LogP contribution in [0.5, 0.6) is 0 Å². The first-order valence-electron chi connectivity index (χ1n) is 10.6. The third-order valence-electron chi connectivity index (χ3n) is 6.07. The third kappa shape index (κ3) is 4.38. The summed E-state index contributed by atoms with van der Waals surface area (Å²) in [6.07, 6.45) is 4.59. The molecule has 1 unspecified atom stereocenters. The zero-order valence-corrected chi connectivity index (χ0v) is 18.0. The Morgan fingerprint density at radius 2 is 2.07 bits per heavy atom. The first-order valence-corrected chi connectivity index (χ1v) is 10.6. The van der Waals surface area contributed by atoms with Crippen molar-refractivity contribution in [3.8, 4) is 0 Å². The summed E-state index contributed by atoms with van der Waals surface area (Å²) in [5.41, 5.74) is 4.49. The Kier molecular flexibility index (Phi) is 5.85. The number of likely N-dealkylation sites (tertiary alicyclic amines) is 1. The lowest BCUT2D eigenvalue weighted by Gasteiger charge is -2.29. The molecule has 4 rings (SSSR count). The summed E-state index contributed by atoms with van der Waals surface area (Å²) in [4.78, 5) is 34.1. The van der Waals surface area contributed by atoms with E-state index in [-0.39, 0.29) is 17.7 Å². The van der Waals surface area contributed by atoms with E-state index >= 15 is 0 Å². The molecule has 1 fully saturated rings. The highest BCUT2D eigenvalue weighted by Gasteiger charge is 2.26. The van der Waals surface area contributed by atoms with Crippen LogP contribution >= 0.6 is 0 Å². The molecule has 1 atom stereocenters. The zero-order chi connectivity index (χ0) is 21.3. The van der Waals surface area contributed by atoms with Gasteiger partial charge in [-0.1, -0.05) is 0 Å². The molecule has 2 aromatic heterocycles. The van der Waals surface area contributed by atoms with E-state index < -0.39 is 0 Å². The Labute approximate surface area is 177 Å². The highest BCUT2D eigenvalue weighted by Crippen LogP contribution is 2.21. The number of nitrogens with one attached hydrogen (secondary N) is 1. The number of carbonyl (C=O) groups is 2. The molecule has 2 aromatic rings. The predicted octanol–water partition coefficient (Wildman–Crippen LogP) is 1.28. The minimum absolute atomic E-state index is 0.0103. The number of pyridine rings is 1. The summed E-state index contributed by atoms with van der Waals surface area (Å²) < 4.78 is 1.64. The highest BCUT2D eigenvalue weighted by molar-refractivity contribution is 5.92. The molecule has 8 heteroatoms. The molecule has 2 aliphatic heterocycles. The number of aromatic nitrogens is 3. The van der Waals surface area contributed by atoms with E-state index in [1.807, 2.05) is 24.1 Å². The largest absolute Gasteiger partial charge is 0.352 e. The normalized spacial score (nSPS) is 19.4. The topological polar surface area (TPSA) is 83.4 Å². The number of fused-ring (bicyclic) bond motifs is 1. The predicted molar refractivity (Wildman–Crippen MR) is 113 cm³/mol. The Bertz CT molecular complexity index is 953. The minimum Gasteiger partial charge on any atom is -0.352 e. The number of nitrogens with zero attached hydrogens (tertiary/aromatic N) is 5. The number of rotatable bonds is 4. The third-order valence-corrected chi connectivity index (χ3v) is 6.07. The van der Waals surface area contributed by atoms with Crippen LogP contribution in [0.1, 0.15) is 45.8 Å². The van der Waals surface area contributed by atoms with Crippen molar-refractivity contribution in [1.82, 2.24) is 29.9 Å². The van der Waals surface area contributed by atoms with E-state index in [4.69, 9.17) is 0 Å².